The smallest absolute Gasteiger partial charge is 0.340 e. The number of carbonyl (C=O) groups is 2. The van der Waals surface area contributed by atoms with Crippen LogP contribution >= 0.6 is 15.9 Å². The van der Waals surface area contributed by atoms with E-state index in [1.165, 1.54) is 14.2 Å². The molecule has 0 saturated carbocycles. The minimum atomic E-state index is -0.735. The van der Waals surface area contributed by atoms with Crippen LogP contribution in [0.1, 0.15) is 18.4 Å². The average molecular weight is 382 g/mol. The number of allylic oxidation sites excluding steroid dienone is 1. The van der Waals surface area contributed by atoms with Gasteiger partial charge in [0.2, 0.25) is 5.88 Å². The van der Waals surface area contributed by atoms with Gasteiger partial charge in [-0.15, -0.1) is 0 Å². The van der Waals surface area contributed by atoms with E-state index in [2.05, 4.69) is 15.9 Å². The van der Waals surface area contributed by atoms with Crippen LogP contribution in [0.5, 0.6) is 0 Å². The van der Waals surface area contributed by atoms with Crippen LogP contribution in [0.25, 0.3) is 0 Å². The van der Waals surface area contributed by atoms with Crippen molar-refractivity contribution in [3.63, 3.8) is 0 Å². The minimum Gasteiger partial charge on any atom is -0.466 e. The lowest BCUT2D eigenvalue weighted by molar-refractivity contribution is -0.137. The van der Waals surface area contributed by atoms with Crippen LogP contribution in [0.4, 0.5) is 0 Å². The third-order valence-corrected chi connectivity index (χ3v) is 3.97. The zero-order valence-electron chi connectivity index (χ0n) is 12.9. The Balaban J connectivity index is 2.69. The maximum absolute atomic E-state index is 12.2. The Bertz CT molecular complexity index is 685. The van der Waals surface area contributed by atoms with Crippen molar-refractivity contribution in [3.8, 4) is 0 Å². The summed E-state index contributed by atoms with van der Waals surface area (Å²) in [5.74, 6) is -1.80. The molecule has 1 heterocycles. The largest absolute Gasteiger partial charge is 0.466 e. The third kappa shape index (κ3) is 3.24. The maximum Gasteiger partial charge on any atom is 0.340 e. The number of rotatable bonds is 3. The Morgan fingerprint density at radius 3 is 2.35 bits per heavy atom. The van der Waals surface area contributed by atoms with Crippen LogP contribution < -0.4 is 5.73 Å². The number of carbonyl (C=O) groups excluding carboxylic acids is 2. The number of hydrogen-bond acceptors (Lipinski definition) is 6. The highest BCUT2D eigenvalue weighted by Crippen LogP contribution is 2.40. The Morgan fingerprint density at radius 1 is 1.17 bits per heavy atom. The Kier molecular flexibility index (Phi) is 5.10. The lowest BCUT2D eigenvalue weighted by atomic mass is 9.82. The summed E-state index contributed by atoms with van der Waals surface area (Å²) >= 11 is 3.38. The number of halogens is 1. The fourth-order valence-electron chi connectivity index (χ4n) is 2.48. The maximum atomic E-state index is 12.2. The van der Waals surface area contributed by atoms with Gasteiger partial charge in [0.05, 0.1) is 25.7 Å². The standard InChI is InChI=1S/C16H16BrNO5/c1-8-11(15(19)21-2)12(9-5-4-6-10(17)7-9)13(14(18)23-8)16(20)22-3/h4-7,12H,18H2,1-3H3. The summed E-state index contributed by atoms with van der Waals surface area (Å²) in [6.45, 7) is 1.60. The highest BCUT2D eigenvalue weighted by Gasteiger charge is 2.39. The van der Waals surface area contributed by atoms with E-state index in [1.807, 2.05) is 6.07 Å². The molecule has 0 aliphatic carbocycles. The zero-order valence-corrected chi connectivity index (χ0v) is 14.5. The lowest BCUT2D eigenvalue weighted by Crippen LogP contribution is -2.29. The molecule has 2 N–H and O–H groups in total. The lowest BCUT2D eigenvalue weighted by Gasteiger charge is -2.28. The molecular weight excluding hydrogens is 366 g/mol. The third-order valence-electron chi connectivity index (χ3n) is 3.48. The molecule has 0 aromatic heterocycles. The Morgan fingerprint density at radius 2 is 1.78 bits per heavy atom. The van der Waals surface area contributed by atoms with Crippen LogP contribution in [0.15, 0.2) is 51.5 Å². The summed E-state index contributed by atoms with van der Waals surface area (Å²) in [4.78, 5) is 24.4. The molecule has 1 aliphatic rings. The van der Waals surface area contributed by atoms with E-state index >= 15 is 0 Å². The van der Waals surface area contributed by atoms with Gasteiger partial charge >= 0.3 is 11.9 Å². The minimum absolute atomic E-state index is 0.0663. The molecule has 0 radical (unpaired) electrons. The van der Waals surface area contributed by atoms with E-state index in [1.54, 1.807) is 25.1 Å². The molecule has 1 unspecified atom stereocenters. The second kappa shape index (κ2) is 6.87. The highest BCUT2D eigenvalue weighted by molar-refractivity contribution is 9.10. The van der Waals surface area contributed by atoms with E-state index in [0.29, 0.717) is 5.56 Å². The van der Waals surface area contributed by atoms with Crippen molar-refractivity contribution < 1.29 is 23.8 Å². The van der Waals surface area contributed by atoms with E-state index in [4.69, 9.17) is 19.9 Å². The van der Waals surface area contributed by atoms with E-state index in [0.717, 1.165) is 4.47 Å². The van der Waals surface area contributed by atoms with Gasteiger partial charge in [-0.05, 0) is 24.6 Å². The number of hydrogen-bond donors (Lipinski definition) is 1. The number of methoxy groups -OCH3 is 2. The van der Waals surface area contributed by atoms with Crippen LogP contribution in [-0.2, 0) is 23.8 Å². The second-order valence-electron chi connectivity index (χ2n) is 4.82. The number of nitrogens with two attached hydrogens (primary N) is 1. The fraction of sp³-hybridized carbons (Fsp3) is 0.250. The van der Waals surface area contributed by atoms with Crippen molar-refractivity contribution in [3.05, 3.63) is 57.1 Å². The van der Waals surface area contributed by atoms with Gasteiger partial charge < -0.3 is 19.9 Å². The van der Waals surface area contributed by atoms with Crippen LogP contribution in [0, 0.1) is 0 Å². The van der Waals surface area contributed by atoms with E-state index in [-0.39, 0.29) is 22.8 Å². The molecule has 0 fully saturated rings. The van der Waals surface area contributed by atoms with Gasteiger partial charge in [-0.25, -0.2) is 9.59 Å². The Hall–Kier alpha value is -2.28. The first-order valence-corrected chi connectivity index (χ1v) is 7.50. The van der Waals surface area contributed by atoms with Gasteiger partial charge in [-0.1, -0.05) is 28.1 Å². The van der Waals surface area contributed by atoms with Crippen molar-refractivity contribution in [1.29, 1.82) is 0 Å². The van der Waals surface area contributed by atoms with Crippen LogP contribution in [-0.4, -0.2) is 26.2 Å². The molecule has 2 rings (SSSR count). The summed E-state index contributed by atoms with van der Waals surface area (Å²) in [7, 11) is 2.50. The first-order valence-electron chi connectivity index (χ1n) is 6.71. The van der Waals surface area contributed by atoms with Gasteiger partial charge in [0, 0.05) is 4.47 Å². The summed E-state index contributed by atoms with van der Waals surface area (Å²) < 4.78 is 15.8. The number of esters is 2. The molecule has 1 atom stereocenters. The van der Waals surface area contributed by atoms with Crippen molar-refractivity contribution >= 4 is 27.9 Å². The summed E-state index contributed by atoms with van der Waals surface area (Å²) in [6, 6.07) is 7.21. The predicted molar refractivity (Wildman–Crippen MR) is 85.9 cm³/mol. The predicted octanol–water partition coefficient (Wildman–Crippen LogP) is 2.35. The normalized spacial score (nSPS) is 17.7. The topological polar surface area (TPSA) is 87.9 Å². The second-order valence-corrected chi connectivity index (χ2v) is 5.74. The van der Waals surface area contributed by atoms with Crippen molar-refractivity contribution in [2.75, 3.05) is 14.2 Å². The number of benzene rings is 1. The summed E-state index contributed by atoms with van der Waals surface area (Å²) in [6.07, 6.45) is 0. The number of ether oxygens (including phenoxy) is 3. The monoisotopic (exact) mass is 381 g/mol. The SMILES string of the molecule is COC(=O)C1=C(C)OC(N)=C(C(=O)OC)C1c1cccc(Br)c1. The zero-order chi connectivity index (χ0) is 17.1. The molecule has 1 aliphatic heterocycles. The molecule has 6 nitrogen and oxygen atoms in total. The molecule has 122 valence electrons. The van der Waals surface area contributed by atoms with Crippen LogP contribution in [0.3, 0.4) is 0 Å². The van der Waals surface area contributed by atoms with Crippen molar-refractivity contribution in [2.45, 2.75) is 12.8 Å². The average Bonchev–Trinajstić information content (AvgIpc) is 2.52. The first-order chi connectivity index (χ1) is 10.9. The van der Waals surface area contributed by atoms with Gasteiger partial charge in [0.1, 0.15) is 11.3 Å². The molecule has 23 heavy (non-hydrogen) atoms. The fourth-order valence-corrected chi connectivity index (χ4v) is 2.90. The quantitative estimate of drug-likeness (QED) is 0.808. The molecule has 0 saturated heterocycles. The molecular formula is C16H16BrNO5. The molecule has 1 aromatic rings. The van der Waals surface area contributed by atoms with Gasteiger partial charge in [-0.3, -0.25) is 0 Å². The molecule has 0 amide bonds. The molecule has 0 bridgehead atoms. The summed E-state index contributed by atoms with van der Waals surface area (Å²) in [5.41, 5.74) is 6.83. The van der Waals surface area contributed by atoms with Crippen LogP contribution in [0.2, 0.25) is 0 Å². The van der Waals surface area contributed by atoms with Gasteiger partial charge in [0.15, 0.2) is 0 Å². The van der Waals surface area contributed by atoms with Crippen molar-refractivity contribution in [1.82, 2.24) is 0 Å². The molecule has 7 heteroatoms. The Labute approximate surface area is 142 Å². The van der Waals surface area contributed by atoms with Gasteiger partial charge in [0.25, 0.3) is 0 Å². The highest BCUT2D eigenvalue weighted by atomic mass is 79.9. The van der Waals surface area contributed by atoms with Gasteiger partial charge in [-0.2, -0.15) is 0 Å². The van der Waals surface area contributed by atoms with E-state index in [9.17, 15) is 9.59 Å². The first kappa shape index (κ1) is 17.1. The van der Waals surface area contributed by atoms with E-state index < -0.39 is 17.9 Å². The molecule has 0 spiro atoms. The van der Waals surface area contributed by atoms with Crippen molar-refractivity contribution in [2.24, 2.45) is 5.73 Å². The summed E-state index contributed by atoms with van der Waals surface area (Å²) in [5, 5.41) is 0. The molecule has 1 aromatic carbocycles.